The van der Waals surface area contributed by atoms with E-state index in [0.717, 1.165) is 36.2 Å². The zero-order valence-corrected chi connectivity index (χ0v) is 20.1. The molecular weight excluding hydrogens is 492 g/mol. The van der Waals surface area contributed by atoms with E-state index in [1.807, 2.05) is 22.9 Å². The largest absolute Gasteiger partial charge is 0.410 e. The van der Waals surface area contributed by atoms with Crippen molar-refractivity contribution >= 4 is 22.9 Å². The van der Waals surface area contributed by atoms with Crippen LogP contribution in [0.1, 0.15) is 28.9 Å². The molecule has 1 atom stereocenters. The standard InChI is InChI=1S/C25H24F4N6O2/c1-15-9-20(26)21(32-24(36)18-12-31-35(14-18)16(2)25(27,28)29)11-19(15)17-10-22(33-5-7-37-8-6-33)23-30-3-4-34(23)13-17/h3-4,9-14,16H,5-8H2,1-2H3,(H,32,36). The van der Waals surface area contributed by atoms with Crippen LogP contribution in [0, 0.1) is 12.7 Å². The molecule has 1 fully saturated rings. The van der Waals surface area contributed by atoms with Crippen molar-refractivity contribution in [3.8, 4) is 11.1 Å². The van der Waals surface area contributed by atoms with E-state index in [4.69, 9.17) is 4.74 Å². The Bertz CT molecular complexity index is 1460. The second-order valence-corrected chi connectivity index (χ2v) is 8.90. The maximum Gasteiger partial charge on any atom is 0.410 e. The van der Waals surface area contributed by atoms with E-state index in [-0.39, 0.29) is 11.3 Å². The van der Waals surface area contributed by atoms with E-state index in [1.54, 1.807) is 13.1 Å². The summed E-state index contributed by atoms with van der Waals surface area (Å²) in [5.41, 5.74) is 3.59. The lowest BCUT2D eigenvalue weighted by Crippen LogP contribution is -2.36. The zero-order chi connectivity index (χ0) is 26.3. The molecule has 1 amide bonds. The van der Waals surface area contributed by atoms with Crippen LogP contribution in [0.2, 0.25) is 0 Å². The molecule has 12 heteroatoms. The molecule has 4 heterocycles. The number of carbonyl (C=O) groups excluding carboxylic acids is 1. The lowest BCUT2D eigenvalue weighted by molar-refractivity contribution is -0.165. The van der Waals surface area contributed by atoms with Gasteiger partial charge in [-0.05, 0) is 43.2 Å². The van der Waals surface area contributed by atoms with Crippen molar-refractivity contribution in [3.63, 3.8) is 0 Å². The van der Waals surface area contributed by atoms with Crippen LogP contribution in [0.3, 0.4) is 0 Å². The number of benzene rings is 1. The number of imidazole rings is 1. The van der Waals surface area contributed by atoms with Crippen molar-refractivity contribution in [2.45, 2.75) is 26.1 Å². The average Bonchev–Trinajstić information content (AvgIpc) is 3.54. The molecule has 3 aromatic heterocycles. The molecule has 0 spiro atoms. The van der Waals surface area contributed by atoms with Gasteiger partial charge in [0.05, 0.1) is 36.3 Å². The predicted molar refractivity (Wildman–Crippen MR) is 129 cm³/mol. The number of amides is 1. The fourth-order valence-corrected chi connectivity index (χ4v) is 4.29. The Hall–Kier alpha value is -3.93. The van der Waals surface area contributed by atoms with Gasteiger partial charge in [-0.3, -0.25) is 9.48 Å². The lowest BCUT2D eigenvalue weighted by Gasteiger charge is -2.29. The number of aryl methyl sites for hydroxylation is 1. The third-order valence-electron chi connectivity index (χ3n) is 6.43. The fourth-order valence-electron chi connectivity index (χ4n) is 4.29. The average molecular weight is 516 g/mol. The second kappa shape index (κ2) is 9.51. The van der Waals surface area contributed by atoms with E-state index in [1.165, 1.54) is 12.1 Å². The molecule has 0 bridgehead atoms. The Morgan fingerprint density at radius 2 is 1.92 bits per heavy atom. The Labute approximate surface area is 209 Å². The zero-order valence-electron chi connectivity index (χ0n) is 20.1. The summed E-state index contributed by atoms with van der Waals surface area (Å²) >= 11 is 0. The molecule has 1 N–H and O–H groups in total. The molecule has 1 aliphatic heterocycles. The number of anilines is 2. The van der Waals surface area contributed by atoms with Gasteiger partial charge < -0.3 is 19.4 Å². The molecule has 4 aromatic rings. The first-order valence-electron chi connectivity index (χ1n) is 11.6. The molecule has 194 valence electrons. The fraction of sp³-hybridized carbons (Fsp3) is 0.320. The van der Waals surface area contributed by atoms with Crippen LogP contribution in [0.4, 0.5) is 28.9 Å². The SMILES string of the molecule is Cc1cc(F)c(NC(=O)c2cnn(C(C)C(F)(F)F)c2)cc1-c1cc(N2CCOCC2)c2nccn2c1. The molecule has 0 saturated carbocycles. The number of morpholine rings is 1. The van der Waals surface area contributed by atoms with Crippen molar-refractivity contribution in [2.75, 3.05) is 36.5 Å². The summed E-state index contributed by atoms with van der Waals surface area (Å²) in [4.78, 5) is 19.4. The molecule has 8 nitrogen and oxygen atoms in total. The topological polar surface area (TPSA) is 76.7 Å². The normalized spacial score (nSPS) is 15.2. The van der Waals surface area contributed by atoms with Gasteiger partial charge >= 0.3 is 6.18 Å². The number of nitrogens with one attached hydrogen (secondary N) is 1. The second-order valence-electron chi connectivity index (χ2n) is 8.90. The van der Waals surface area contributed by atoms with Gasteiger partial charge in [-0.2, -0.15) is 18.3 Å². The maximum atomic E-state index is 14.9. The minimum atomic E-state index is -4.52. The quantitative estimate of drug-likeness (QED) is 0.384. The summed E-state index contributed by atoms with van der Waals surface area (Å²) < 4.78 is 61.8. The molecule has 0 aliphatic carbocycles. The molecule has 0 radical (unpaired) electrons. The summed E-state index contributed by atoms with van der Waals surface area (Å²) in [7, 11) is 0. The van der Waals surface area contributed by atoms with Crippen molar-refractivity contribution in [2.24, 2.45) is 0 Å². The first-order chi connectivity index (χ1) is 17.6. The minimum absolute atomic E-state index is 0.0964. The van der Waals surface area contributed by atoms with Gasteiger partial charge in [0, 0.05) is 43.4 Å². The van der Waals surface area contributed by atoms with E-state index in [2.05, 4.69) is 20.3 Å². The highest BCUT2D eigenvalue weighted by Gasteiger charge is 2.38. The van der Waals surface area contributed by atoms with Crippen LogP contribution in [0.25, 0.3) is 16.8 Å². The Morgan fingerprint density at radius 3 is 2.65 bits per heavy atom. The summed E-state index contributed by atoms with van der Waals surface area (Å²) in [6, 6.07) is 2.90. The molecule has 1 saturated heterocycles. The van der Waals surface area contributed by atoms with Gasteiger partial charge in [-0.1, -0.05) is 0 Å². The number of alkyl halides is 3. The van der Waals surface area contributed by atoms with Crippen LogP contribution < -0.4 is 10.2 Å². The smallest absolute Gasteiger partial charge is 0.378 e. The number of aromatic nitrogens is 4. The Morgan fingerprint density at radius 1 is 1.16 bits per heavy atom. The number of carbonyl (C=O) groups is 1. The maximum absolute atomic E-state index is 14.9. The third-order valence-corrected chi connectivity index (χ3v) is 6.43. The molecule has 1 unspecified atom stereocenters. The molecule has 1 aliphatic rings. The van der Waals surface area contributed by atoms with Crippen molar-refractivity contribution in [1.82, 2.24) is 19.2 Å². The van der Waals surface area contributed by atoms with Crippen molar-refractivity contribution in [1.29, 1.82) is 0 Å². The van der Waals surface area contributed by atoms with Crippen LogP contribution in [0.5, 0.6) is 0 Å². The van der Waals surface area contributed by atoms with Crippen LogP contribution in [-0.4, -0.2) is 57.6 Å². The number of pyridine rings is 1. The highest BCUT2D eigenvalue weighted by Crippen LogP contribution is 2.34. The monoisotopic (exact) mass is 516 g/mol. The predicted octanol–water partition coefficient (Wildman–Crippen LogP) is 4.86. The van der Waals surface area contributed by atoms with E-state index in [0.29, 0.717) is 42.1 Å². The van der Waals surface area contributed by atoms with E-state index < -0.39 is 23.9 Å². The first kappa shape index (κ1) is 24.8. The van der Waals surface area contributed by atoms with Gasteiger partial charge in [-0.25, -0.2) is 9.37 Å². The summed E-state index contributed by atoms with van der Waals surface area (Å²) in [6.07, 6.45) is 2.89. The lowest BCUT2D eigenvalue weighted by atomic mass is 10.00. The van der Waals surface area contributed by atoms with Gasteiger partial charge in [0.1, 0.15) is 11.9 Å². The highest BCUT2D eigenvalue weighted by atomic mass is 19.4. The summed E-state index contributed by atoms with van der Waals surface area (Å²) in [5.74, 6) is -1.43. The van der Waals surface area contributed by atoms with Gasteiger partial charge in [0.15, 0.2) is 5.65 Å². The Kier molecular flexibility index (Phi) is 6.36. The van der Waals surface area contributed by atoms with Crippen molar-refractivity contribution < 1.29 is 27.1 Å². The molecule has 37 heavy (non-hydrogen) atoms. The molecule has 1 aromatic carbocycles. The number of fused-ring (bicyclic) bond motifs is 1. The van der Waals surface area contributed by atoms with E-state index >= 15 is 0 Å². The highest BCUT2D eigenvalue weighted by molar-refractivity contribution is 6.04. The number of hydrogen-bond acceptors (Lipinski definition) is 5. The number of hydrogen-bond donors (Lipinski definition) is 1. The molecular formula is C25H24F4N6O2. The molecule has 5 rings (SSSR count). The van der Waals surface area contributed by atoms with Gasteiger partial charge in [0.25, 0.3) is 5.91 Å². The van der Waals surface area contributed by atoms with Gasteiger partial charge in [0.2, 0.25) is 0 Å². The van der Waals surface area contributed by atoms with E-state index in [9.17, 15) is 22.4 Å². The third kappa shape index (κ3) is 4.88. The first-order valence-corrected chi connectivity index (χ1v) is 11.6. The summed E-state index contributed by atoms with van der Waals surface area (Å²) in [6.45, 7) is 5.30. The Balaban J connectivity index is 1.47. The summed E-state index contributed by atoms with van der Waals surface area (Å²) in [5, 5.41) is 6.12. The number of rotatable bonds is 5. The number of nitrogens with zero attached hydrogens (tertiary/aromatic N) is 5. The van der Waals surface area contributed by atoms with Crippen LogP contribution >= 0.6 is 0 Å². The number of halogens is 4. The van der Waals surface area contributed by atoms with Crippen molar-refractivity contribution in [3.05, 3.63) is 66.1 Å². The minimum Gasteiger partial charge on any atom is -0.378 e. The number of ether oxygens (including phenoxy) is 1. The van der Waals surface area contributed by atoms with Gasteiger partial charge in [-0.15, -0.1) is 0 Å². The van der Waals surface area contributed by atoms with Crippen LogP contribution in [0.15, 0.2) is 49.2 Å². The van der Waals surface area contributed by atoms with Crippen LogP contribution in [-0.2, 0) is 4.74 Å².